The summed E-state index contributed by atoms with van der Waals surface area (Å²) in [6, 6.07) is 15.6. The van der Waals surface area contributed by atoms with Gasteiger partial charge in [0.1, 0.15) is 11.7 Å². The molecule has 176 valence electrons. The molecule has 0 aliphatic heterocycles. The van der Waals surface area contributed by atoms with Gasteiger partial charge in [0.15, 0.2) is 0 Å². The quantitative estimate of drug-likeness (QED) is 0.226. The van der Waals surface area contributed by atoms with Crippen molar-refractivity contribution in [2.24, 2.45) is 7.05 Å². The lowest BCUT2D eigenvalue weighted by Gasteiger charge is -2.19. The van der Waals surface area contributed by atoms with Gasteiger partial charge in [-0.1, -0.05) is 51.2 Å². The fourth-order valence-corrected chi connectivity index (χ4v) is 3.78. The summed E-state index contributed by atoms with van der Waals surface area (Å²) >= 11 is 0. The third kappa shape index (κ3) is 6.81. The van der Waals surface area contributed by atoms with Crippen LogP contribution < -0.4 is 10.2 Å². The van der Waals surface area contributed by atoms with E-state index >= 15 is 0 Å². The molecule has 2 aromatic carbocycles. The van der Waals surface area contributed by atoms with Gasteiger partial charge in [0.2, 0.25) is 0 Å². The summed E-state index contributed by atoms with van der Waals surface area (Å²) in [5.41, 5.74) is 3.73. The van der Waals surface area contributed by atoms with Crippen LogP contribution in [0.4, 0.5) is 10.5 Å². The second-order valence-corrected chi connectivity index (χ2v) is 8.38. The van der Waals surface area contributed by atoms with Crippen molar-refractivity contribution in [3.63, 3.8) is 0 Å². The second-order valence-electron chi connectivity index (χ2n) is 8.38. The Morgan fingerprint density at radius 2 is 1.76 bits per heavy atom. The predicted octanol–water partition coefficient (Wildman–Crippen LogP) is 5.62. The van der Waals surface area contributed by atoms with E-state index in [1.807, 2.05) is 56.6 Å². The Kier molecular flexibility index (Phi) is 8.87. The van der Waals surface area contributed by atoms with Gasteiger partial charge in [-0.2, -0.15) is 0 Å². The second kappa shape index (κ2) is 12.0. The zero-order valence-electron chi connectivity index (χ0n) is 19.9. The number of carbonyl (C=O) groups excluding carboxylic acids is 1. The predicted molar refractivity (Wildman–Crippen MR) is 134 cm³/mol. The number of amides is 1. The summed E-state index contributed by atoms with van der Waals surface area (Å²) < 4.78 is 7.30. The molecule has 3 aromatic rings. The fourth-order valence-electron chi connectivity index (χ4n) is 3.78. The number of para-hydroxylation sites is 2. The molecular weight excluding hydrogens is 414 g/mol. The van der Waals surface area contributed by atoms with Crippen LogP contribution in [0.5, 0.6) is 0 Å². The van der Waals surface area contributed by atoms with Gasteiger partial charge in [-0.25, -0.2) is 9.78 Å². The van der Waals surface area contributed by atoms with E-state index < -0.39 is 6.09 Å². The van der Waals surface area contributed by atoms with Crippen LogP contribution in [0, 0.1) is 5.41 Å². The van der Waals surface area contributed by atoms with Gasteiger partial charge in [0, 0.05) is 25.3 Å². The summed E-state index contributed by atoms with van der Waals surface area (Å²) in [5, 5.41) is 10.7. The van der Waals surface area contributed by atoms with E-state index in [4.69, 9.17) is 15.1 Å². The molecule has 0 saturated heterocycles. The van der Waals surface area contributed by atoms with E-state index in [1.54, 1.807) is 0 Å². The van der Waals surface area contributed by atoms with Crippen molar-refractivity contribution in [2.75, 3.05) is 18.6 Å². The highest BCUT2D eigenvalue weighted by molar-refractivity contribution is 6.04. The van der Waals surface area contributed by atoms with Crippen LogP contribution in [-0.4, -0.2) is 35.1 Å². The number of nitrogens with one attached hydrogen (secondary N) is 2. The van der Waals surface area contributed by atoms with Gasteiger partial charge < -0.3 is 14.2 Å². The van der Waals surface area contributed by atoms with Crippen LogP contribution in [0.25, 0.3) is 11.0 Å². The zero-order valence-corrected chi connectivity index (χ0v) is 19.9. The van der Waals surface area contributed by atoms with E-state index in [1.165, 1.54) is 25.7 Å². The number of aryl methyl sites for hydroxylation is 1. The average molecular weight is 450 g/mol. The molecule has 3 rings (SSSR count). The lowest BCUT2D eigenvalue weighted by molar-refractivity contribution is 0.149. The monoisotopic (exact) mass is 449 g/mol. The number of unbranched alkanes of at least 4 members (excludes halogenated alkanes) is 5. The first-order valence-electron chi connectivity index (χ1n) is 11.7. The molecule has 1 heterocycles. The molecule has 2 N–H and O–H groups in total. The molecule has 33 heavy (non-hydrogen) atoms. The summed E-state index contributed by atoms with van der Waals surface area (Å²) in [7, 11) is 4.04. The summed E-state index contributed by atoms with van der Waals surface area (Å²) in [6.07, 6.45) is 6.23. The van der Waals surface area contributed by atoms with E-state index in [0.717, 1.165) is 35.4 Å². The first-order chi connectivity index (χ1) is 16.0. The standard InChI is InChI=1S/C26H35N5O2/c1-4-5-6-7-8-11-18-33-26(32)29-25(27)20-14-16-21(17-15-20)30(2)19-24-28-22-12-9-10-13-23(22)31(24)3/h9-10,12-17H,4-8,11,18-19H2,1-3H3,(H2,27,29,32). The number of nitrogens with zero attached hydrogens (tertiary/aromatic N) is 3. The molecule has 1 aromatic heterocycles. The molecule has 0 radical (unpaired) electrons. The lowest BCUT2D eigenvalue weighted by atomic mass is 10.1. The number of rotatable bonds is 11. The van der Waals surface area contributed by atoms with Crippen molar-refractivity contribution in [1.29, 1.82) is 5.41 Å². The molecule has 0 fully saturated rings. The first-order valence-corrected chi connectivity index (χ1v) is 11.7. The highest BCUT2D eigenvalue weighted by Gasteiger charge is 2.12. The average Bonchev–Trinajstić information content (AvgIpc) is 3.13. The topological polar surface area (TPSA) is 83.2 Å². The van der Waals surface area contributed by atoms with Crippen molar-refractivity contribution in [2.45, 2.75) is 52.0 Å². The number of hydrogen-bond donors (Lipinski definition) is 2. The minimum absolute atomic E-state index is 0.0347. The van der Waals surface area contributed by atoms with Crippen molar-refractivity contribution in [3.05, 3.63) is 59.9 Å². The molecule has 0 saturated carbocycles. The number of imidazole rings is 1. The molecule has 1 amide bonds. The number of anilines is 1. The van der Waals surface area contributed by atoms with Gasteiger partial charge in [-0.3, -0.25) is 10.7 Å². The summed E-state index contributed by atoms with van der Waals surface area (Å²) in [4.78, 5) is 18.8. The maximum atomic E-state index is 12.0. The van der Waals surface area contributed by atoms with Gasteiger partial charge >= 0.3 is 6.09 Å². The molecule has 0 aliphatic rings. The van der Waals surface area contributed by atoms with E-state index in [9.17, 15) is 4.79 Å². The summed E-state index contributed by atoms with van der Waals surface area (Å²) in [5.74, 6) is 1.01. The molecule has 7 nitrogen and oxygen atoms in total. The number of hydrogen-bond acceptors (Lipinski definition) is 5. The maximum absolute atomic E-state index is 12.0. The minimum atomic E-state index is -0.573. The molecule has 0 spiro atoms. The van der Waals surface area contributed by atoms with Gasteiger partial charge in [-0.15, -0.1) is 0 Å². The SMILES string of the molecule is CCCCCCCCOC(=O)NC(=N)c1ccc(N(C)Cc2nc3ccccc3n2C)cc1. The van der Waals surface area contributed by atoms with Crippen LogP contribution in [0.1, 0.15) is 56.8 Å². The Labute approximate surface area is 196 Å². The summed E-state index contributed by atoms with van der Waals surface area (Å²) in [6.45, 7) is 3.24. The van der Waals surface area contributed by atoms with Gasteiger partial charge in [0.25, 0.3) is 0 Å². The number of amidine groups is 1. The highest BCUT2D eigenvalue weighted by atomic mass is 16.5. The minimum Gasteiger partial charge on any atom is -0.449 e. The molecular formula is C26H35N5O2. The third-order valence-electron chi connectivity index (χ3n) is 5.81. The number of benzene rings is 2. The number of aromatic nitrogens is 2. The van der Waals surface area contributed by atoms with Crippen molar-refractivity contribution >= 4 is 28.6 Å². The molecule has 0 unspecified atom stereocenters. The Balaban J connectivity index is 1.47. The van der Waals surface area contributed by atoms with Crippen LogP contribution in [0.2, 0.25) is 0 Å². The lowest BCUT2D eigenvalue weighted by Crippen LogP contribution is -2.31. The van der Waals surface area contributed by atoms with Crippen LogP contribution in [0.15, 0.2) is 48.5 Å². The third-order valence-corrected chi connectivity index (χ3v) is 5.81. The molecule has 7 heteroatoms. The zero-order chi connectivity index (χ0) is 23.6. The smallest absolute Gasteiger partial charge is 0.412 e. The van der Waals surface area contributed by atoms with E-state index in [-0.39, 0.29) is 5.84 Å². The molecule has 0 bridgehead atoms. The van der Waals surface area contributed by atoms with Crippen LogP contribution in [-0.2, 0) is 18.3 Å². The van der Waals surface area contributed by atoms with Crippen LogP contribution >= 0.6 is 0 Å². The Bertz CT molecular complexity index is 1060. The molecule has 0 aliphatic carbocycles. The normalized spacial score (nSPS) is 10.9. The Morgan fingerprint density at radius 3 is 2.48 bits per heavy atom. The Hall–Kier alpha value is -3.35. The van der Waals surface area contributed by atoms with Gasteiger partial charge in [-0.05, 0) is 42.8 Å². The Morgan fingerprint density at radius 1 is 1.06 bits per heavy atom. The van der Waals surface area contributed by atoms with E-state index in [2.05, 4.69) is 27.8 Å². The van der Waals surface area contributed by atoms with Crippen LogP contribution in [0.3, 0.4) is 0 Å². The first kappa shape index (κ1) is 24.3. The maximum Gasteiger partial charge on any atom is 0.412 e. The fraction of sp³-hybridized carbons (Fsp3) is 0.423. The van der Waals surface area contributed by atoms with E-state index in [0.29, 0.717) is 18.7 Å². The van der Waals surface area contributed by atoms with Gasteiger partial charge in [0.05, 0.1) is 24.2 Å². The number of carbonyl (C=O) groups is 1. The molecule has 0 atom stereocenters. The van der Waals surface area contributed by atoms with Crippen molar-refractivity contribution in [1.82, 2.24) is 14.9 Å². The van der Waals surface area contributed by atoms with Crippen molar-refractivity contribution < 1.29 is 9.53 Å². The largest absolute Gasteiger partial charge is 0.449 e. The highest BCUT2D eigenvalue weighted by Crippen LogP contribution is 2.19. The number of ether oxygens (including phenoxy) is 1. The number of fused-ring (bicyclic) bond motifs is 1. The number of alkyl carbamates (subject to hydrolysis) is 1. The van der Waals surface area contributed by atoms with Crippen molar-refractivity contribution in [3.8, 4) is 0 Å².